The van der Waals surface area contributed by atoms with Gasteiger partial charge in [-0.15, -0.1) is 0 Å². The van der Waals surface area contributed by atoms with Crippen LogP contribution in [0.3, 0.4) is 0 Å². The number of hydrogen-bond donors (Lipinski definition) is 1. The SMILES string of the molecule is OC1=CCC=C[CH+]1. The van der Waals surface area contributed by atoms with Gasteiger partial charge in [0.1, 0.15) is 0 Å². The van der Waals surface area contributed by atoms with Gasteiger partial charge < -0.3 is 5.11 Å². The minimum absolute atomic E-state index is 0.377. The standard InChI is InChI=1S/C6H6O/c7-6-4-2-1-3-5-6/h1-2,4-5H,3H2/p+1. The second-order valence-electron chi connectivity index (χ2n) is 1.46. The van der Waals surface area contributed by atoms with Crippen LogP contribution in [0.15, 0.2) is 24.0 Å². The van der Waals surface area contributed by atoms with Gasteiger partial charge in [-0.25, -0.2) is 0 Å². The summed E-state index contributed by atoms with van der Waals surface area (Å²) >= 11 is 0. The third-order valence-electron chi connectivity index (χ3n) is 0.866. The minimum Gasteiger partial charge on any atom is -0.488 e. The van der Waals surface area contributed by atoms with Crippen LogP contribution in [0.25, 0.3) is 0 Å². The van der Waals surface area contributed by atoms with Crippen LogP contribution < -0.4 is 0 Å². The maximum absolute atomic E-state index is 8.66. The lowest BCUT2D eigenvalue weighted by Crippen LogP contribution is -1.82. The Bertz CT molecular complexity index is 111. The van der Waals surface area contributed by atoms with Gasteiger partial charge in [0, 0.05) is 12.2 Å². The highest BCUT2D eigenvalue weighted by Gasteiger charge is 2.00. The first-order chi connectivity index (χ1) is 3.39. The van der Waals surface area contributed by atoms with E-state index in [0.29, 0.717) is 5.76 Å². The van der Waals surface area contributed by atoms with Crippen molar-refractivity contribution in [2.75, 3.05) is 0 Å². The Morgan fingerprint density at radius 2 is 2.57 bits per heavy atom. The molecule has 0 saturated heterocycles. The van der Waals surface area contributed by atoms with Crippen molar-refractivity contribution >= 4 is 0 Å². The van der Waals surface area contributed by atoms with E-state index in [1.54, 1.807) is 12.5 Å². The Kier molecular flexibility index (Phi) is 1.07. The normalized spacial score (nSPS) is 18.0. The van der Waals surface area contributed by atoms with Gasteiger partial charge in [0.15, 0.2) is 0 Å². The summed E-state index contributed by atoms with van der Waals surface area (Å²) in [5.74, 6) is 0.377. The first kappa shape index (κ1) is 4.31. The molecule has 1 rings (SSSR count). The Balaban J connectivity index is 2.50. The second-order valence-corrected chi connectivity index (χ2v) is 1.46. The van der Waals surface area contributed by atoms with Crippen LogP contribution in [-0.4, -0.2) is 5.11 Å². The smallest absolute Gasteiger partial charge is 0.225 e. The Morgan fingerprint density at radius 3 is 2.86 bits per heavy atom. The van der Waals surface area contributed by atoms with E-state index < -0.39 is 0 Å². The predicted octanol–water partition coefficient (Wildman–Crippen LogP) is 1.59. The molecule has 0 bridgehead atoms. The molecule has 0 spiro atoms. The molecule has 1 nitrogen and oxygen atoms in total. The average Bonchev–Trinajstić information content (AvgIpc) is 1.69. The number of rotatable bonds is 0. The van der Waals surface area contributed by atoms with Crippen molar-refractivity contribution in [3.05, 3.63) is 30.4 Å². The molecule has 36 valence electrons. The summed E-state index contributed by atoms with van der Waals surface area (Å²) in [6.45, 7) is 0. The Morgan fingerprint density at radius 1 is 1.71 bits per heavy atom. The molecule has 1 N–H and O–H groups in total. The molecule has 0 saturated carbocycles. The maximum atomic E-state index is 8.66. The van der Waals surface area contributed by atoms with Crippen LogP contribution in [0.4, 0.5) is 0 Å². The first-order valence-corrected chi connectivity index (χ1v) is 2.28. The van der Waals surface area contributed by atoms with Crippen molar-refractivity contribution in [1.29, 1.82) is 0 Å². The van der Waals surface area contributed by atoms with Crippen LogP contribution in [0, 0.1) is 6.42 Å². The van der Waals surface area contributed by atoms with E-state index in [-0.39, 0.29) is 0 Å². The highest BCUT2D eigenvalue weighted by molar-refractivity contribution is 5.20. The van der Waals surface area contributed by atoms with Crippen LogP contribution in [0.1, 0.15) is 6.42 Å². The molecule has 0 aromatic heterocycles. The van der Waals surface area contributed by atoms with Crippen LogP contribution in [-0.2, 0) is 0 Å². The molecular weight excluding hydrogens is 88.1 g/mol. The molecule has 0 aromatic carbocycles. The van der Waals surface area contributed by atoms with E-state index >= 15 is 0 Å². The van der Waals surface area contributed by atoms with E-state index in [0.717, 1.165) is 6.42 Å². The molecule has 0 fully saturated rings. The number of aliphatic hydroxyl groups is 1. The fraction of sp³-hybridized carbons (Fsp3) is 0.167. The van der Waals surface area contributed by atoms with E-state index in [2.05, 4.69) is 0 Å². The largest absolute Gasteiger partial charge is 0.488 e. The summed E-state index contributed by atoms with van der Waals surface area (Å²) in [5.41, 5.74) is 0. The van der Waals surface area contributed by atoms with Gasteiger partial charge in [-0.1, -0.05) is 0 Å². The topological polar surface area (TPSA) is 20.2 Å². The number of aliphatic hydroxyl groups excluding tert-OH is 1. The summed E-state index contributed by atoms with van der Waals surface area (Å²) in [6, 6.07) is 0. The third kappa shape index (κ3) is 1.000. The van der Waals surface area contributed by atoms with Crippen molar-refractivity contribution in [2.24, 2.45) is 0 Å². The van der Waals surface area contributed by atoms with Crippen molar-refractivity contribution < 1.29 is 5.11 Å². The fourth-order valence-corrected chi connectivity index (χ4v) is 0.502. The minimum atomic E-state index is 0.377. The molecule has 7 heavy (non-hydrogen) atoms. The fourth-order valence-electron chi connectivity index (χ4n) is 0.502. The molecule has 0 radical (unpaired) electrons. The monoisotopic (exact) mass is 95.0 g/mol. The van der Waals surface area contributed by atoms with Crippen LogP contribution in [0.5, 0.6) is 0 Å². The summed E-state index contributed by atoms with van der Waals surface area (Å²) in [6.07, 6.45) is 8.13. The van der Waals surface area contributed by atoms with E-state index in [1.165, 1.54) is 0 Å². The van der Waals surface area contributed by atoms with E-state index in [9.17, 15) is 0 Å². The molecule has 0 atom stereocenters. The number of hydrogen-bond acceptors (Lipinski definition) is 1. The van der Waals surface area contributed by atoms with E-state index in [1.807, 2.05) is 12.2 Å². The maximum Gasteiger partial charge on any atom is 0.225 e. The van der Waals surface area contributed by atoms with Gasteiger partial charge in [0.05, 0.1) is 18.9 Å². The van der Waals surface area contributed by atoms with Gasteiger partial charge in [-0.05, 0) is 0 Å². The first-order valence-electron chi connectivity index (χ1n) is 2.28. The van der Waals surface area contributed by atoms with Crippen molar-refractivity contribution in [2.45, 2.75) is 6.42 Å². The summed E-state index contributed by atoms with van der Waals surface area (Å²) in [7, 11) is 0. The number of allylic oxidation sites excluding steroid dienone is 3. The molecule has 1 aliphatic carbocycles. The van der Waals surface area contributed by atoms with Crippen molar-refractivity contribution in [3.8, 4) is 0 Å². The molecule has 0 aromatic rings. The average molecular weight is 95.1 g/mol. The lowest BCUT2D eigenvalue weighted by molar-refractivity contribution is 0.421. The van der Waals surface area contributed by atoms with Crippen LogP contribution >= 0.6 is 0 Å². The molecular formula is C6H7O+. The molecule has 0 heterocycles. The van der Waals surface area contributed by atoms with Gasteiger partial charge in [-0.3, -0.25) is 0 Å². The summed E-state index contributed by atoms with van der Waals surface area (Å²) < 4.78 is 0. The zero-order valence-electron chi connectivity index (χ0n) is 3.96. The summed E-state index contributed by atoms with van der Waals surface area (Å²) in [4.78, 5) is 0. The lowest BCUT2D eigenvalue weighted by Gasteiger charge is -1.87. The second kappa shape index (κ2) is 1.73. The van der Waals surface area contributed by atoms with Gasteiger partial charge in [-0.2, -0.15) is 0 Å². The Hall–Kier alpha value is -0.850. The predicted molar refractivity (Wildman–Crippen MR) is 28.8 cm³/mol. The van der Waals surface area contributed by atoms with Crippen LogP contribution in [0.2, 0.25) is 0 Å². The quantitative estimate of drug-likeness (QED) is 0.453. The zero-order chi connectivity index (χ0) is 5.11. The highest BCUT2D eigenvalue weighted by Crippen LogP contribution is 2.04. The van der Waals surface area contributed by atoms with E-state index in [4.69, 9.17) is 5.11 Å². The molecule has 0 amide bonds. The third-order valence-corrected chi connectivity index (χ3v) is 0.866. The van der Waals surface area contributed by atoms with Gasteiger partial charge in [0.2, 0.25) is 5.76 Å². The van der Waals surface area contributed by atoms with Crippen molar-refractivity contribution in [1.82, 2.24) is 0 Å². The van der Waals surface area contributed by atoms with Gasteiger partial charge in [0.25, 0.3) is 0 Å². The Labute approximate surface area is 43.0 Å². The molecule has 1 aliphatic rings. The highest BCUT2D eigenvalue weighted by atomic mass is 16.3. The van der Waals surface area contributed by atoms with Gasteiger partial charge >= 0.3 is 0 Å². The molecule has 1 heteroatoms. The zero-order valence-corrected chi connectivity index (χ0v) is 3.96. The lowest BCUT2D eigenvalue weighted by atomic mass is 10.2. The molecule has 0 aliphatic heterocycles. The van der Waals surface area contributed by atoms with Crippen molar-refractivity contribution in [3.63, 3.8) is 0 Å². The summed E-state index contributed by atoms with van der Waals surface area (Å²) in [5, 5.41) is 8.66. The molecule has 0 unspecified atom stereocenters.